The second-order valence-corrected chi connectivity index (χ2v) is 7.42. The van der Waals surface area contributed by atoms with Gasteiger partial charge < -0.3 is 10.0 Å². The van der Waals surface area contributed by atoms with Gasteiger partial charge in [-0.3, -0.25) is 9.52 Å². The zero-order valence-electron chi connectivity index (χ0n) is 14.0. The van der Waals surface area contributed by atoms with Crippen molar-refractivity contribution in [3.8, 4) is 5.75 Å². The number of hydrogen-bond acceptors (Lipinski definition) is 4. The molecule has 0 saturated heterocycles. The largest absolute Gasteiger partial charge is 0.507 e. The van der Waals surface area contributed by atoms with Crippen LogP contribution >= 0.6 is 0 Å². The van der Waals surface area contributed by atoms with Crippen LogP contribution in [-0.2, 0) is 10.0 Å². The zero-order valence-corrected chi connectivity index (χ0v) is 14.8. The van der Waals surface area contributed by atoms with E-state index < -0.39 is 10.0 Å². The van der Waals surface area contributed by atoms with Gasteiger partial charge in [0.1, 0.15) is 5.75 Å². The molecule has 7 heteroatoms. The third kappa shape index (κ3) is 3.51. The van der Waals surface area contributed by atoms with Crippen molar-refractivity contribution in [2.24, 2.45) is 0 Å². The predicted octanol–water partition coefficient (Wildman–Crippen LogP) is 2.51. The molecule has 0 heterocycles. The van der Waals surface area contributed by atoms with Gasteiger partial charge in [-0.1, -0.05) is 12.1 Å². The number of nitrogens with zero attached hydrogens (tertiary/aromatic N) is 1. The SMILES string of the molecule is Cc1ccc(NS(=O)(=O)c2cccc(C(=O)N(C)C)c2)c(C)c1O. The van der Waals surface area contributed by atoms with E-state index in [2.05, 4.69) is 4.72 Å². The molecule has 0 spiro atoms. The highest BCUT2D eigenvalue weighted by Crippen LogP contribution is 2.29. The van der Waals surface area contributed by atoms with Crippen LogP contribution < -0.4 is 4.72 Å². The lowest BCUT2D eigenvalue weighted by molar-refractivity contribution is 0.0827. The molecule has 24 heavy (non-hydrogen) atoms. The maximum Gasteiger partial charge on any atom is 0.261 e. The highest BCUT2D eigenvalue weighted by molar-refractivity contribution is 7.92. The number of nitrogens with one attached hydrogen (secondary N) is 1. The van der Waals surface area contributed by atoms with Crippen molar-refractivity contribution in [1.29, 1.82) is 0 Å². The van der Waals surface area contributed by atoms with Gasteiger partial charge in [0, 0.05) is 25.2 Å². The number of anilines is 1. The lowest BCUT2D eigenvalue weighted by atomic mass is 10.1. The molecule has 0 aliphatic carbocycles. The molecule has 0 fully saturated rings. The van der Waals surface area contributed by atoms with E-state index in [-0.39, 0.29) is 22.1 Å². The van der Waals surface area contributed by atoms with Gasteiger partial charge in [-0.15, -0.1) is 0 Å². The van der Waals surface area contributed by atoms with Crippen LogP contribution in [0.4, 0.5) is 5.69 Å². The third-order valence-corrected chi connectivity index (χ3v) is 5.04. The van der Waals surface area contributed by atoms with E-state index >= 15 is 0 Å². The Labute approximate surface area is 141 Å². The lowest BCUT2D eigenvalue weighted by Gasteiger charge is -2.14. The maximum absolute atomic E-state index is 12.6. The van der Waals surface area contributed by atoms with Crippen molar-refractivity contribution in [2.75, 3.05) is 18.8 Å². The molecule has 0 saturated carbocycles. The number of amides is 1. The Balaban J connectivity index is 2.40. The van der Waals surface area contributed by atoms with E-state index in [9.17, 15) is 18.3 Å². The summed E-state index contributed by atoms with van der Waals surface area (Å²) in [5.41, 5.74) is 1.68. The highest BCUT2D eigenvalue weighted by atomic mass is 32.2. The first-order valence-corrected chi connectivity index (χ1v) is 8.75. The van der Waals surface area contributed by atoms with Gasteiger partial charge in [0.05, 0.1) is 10.6 Å². The molecule has 2 aromatic carbocycles. The second kappa shape index (κ2) is 6.52. The van der Waals surface area contributed by atoms with Gasteiger partial charge in [-0.25, -0.2) is 8.42 Å². The number of phenolic OH excluding ortho intramolecular Hbond substituents is 1. The van der Waals surface area contributed by atoms with Crippen LogP contribution in [0.1, 0.15) is 21.5 Å². The quantitative estimate of drug-likeness (QED) is 0.889. The maximum atomic E-state index is 12.6. The molecular formula is C17H20N2O4S. The molecule has 0 bridgehead atoms. The summed E-state index contributed by atoms with van der Waals surface area (Å²) in [6.07, 6.45) is 0. The number of sulfonamides is 1. The first-order valence-electron chi connectivity index (χ1n) is 7.27. The minimum Gasteiger partial charge on any atom is -0.507 e. The summed E-state index contributed by atoms with van der Waals surface area (Å²) in [7, 11) is -0.684. The summed E-state index contributed by atoms with van der Waals surface area (Å²) in [5.74, 6) is -0.233. The first kappa shape index (κ1) is 17.8. The van der Waals surface area contributed by atoms with Crippen LogP contribution in [0.25, 0.3) is 0 Å². The van der Waals surface area contributed by atoms with E-state index in [4.69, 9.17) is 0 Å². The van der Waals surface area contributed by atoms with Gasteiger partial charge in [0.2, 0.25) is 0 Å². The number of aromatic hydroxyl groups is 1. The van der Waals surface area contributed by atoms with Crippen molar-refractivity contribution in [3.05, 3.63) is 53.1 Å². The standard InChI is InChI=1S/C17H20N2O4S/c1-11-8-9-15(12(2)16(11)20)18-24(22,23)14-7-5-6-13(10-14)17(21)19(3)4/h5-10,18,20H,1-4H3. The Kier molecular flexibility index (Phi) is 4.84. The summed E-state index contributed by atoms with van der Waals surface area (Å²) in [6, 6.07) is 9.05. The molecule has 6 nitrogen and oxygen atoms in total. The fourth-order valence-corrected chi connectivity index (χ4v) is 3.37. The molecule has 2 rings (SSSR count). The van der Waals surface area contributed by atoms with Crippen LogP contribution in [-0.4, -0.2) is 38.4 Å². The van der Waals surface area contributed by atoms with E-state index in [0.717, 1.165) is 0 Å². The average molecular weight is 348 g/mol. The number of carbonyl (C=O) groups excluding carboxylic acids is 1. The second-order valence-electron chi connectivity index (χ2n) is 5.74. The molecule has 1 amide bonds. The molecular weight excluding hydrogens is 328 g/mol. The van der Waals surface area contributed by atoms with E-state index in [1.165, 1.54) is 23.1 Å². The van der Waals surface area contributed by atoms with Crippen molar-refractivity contribution < 1.29 is 18.3 Å². The average Bonchev–Trinajstić information content (AvgIpc) is 2.54. The number of hydrogen-bond donors (Lipinski definition) is 2. The molecule has 0 unspecified atom stereocenters. The first-order chi connectivity index (χ1) is 11.1. The van der Waals surface area contributed by atoms with Crippen molar-refractivity contribution >= 4 is 21.6 Å². The third-order valence-electron chi connectivity index (χ3n) is 3.67. The molecule has 0 aliphatic heterocycles. The van der Waals surface area contributed by atoms with E-state index in [1.54, 1.807) is 46.1 Å². The van der Waals surface area contributed by atoms with Gasteiger partial charge in [-0.05, 0) is 43.7 Å². The fraction of sp³-hybridized carbons (Fsp3) is 0.235. The molecule has 2 N–H and O–H groups in total. The molecule has 0 radical (unpaired) electrons. The number of phenols is 1. The Bertz CT molecular complexity index is 889. The van der Waals surface area contributed by atoms with Crippen molar-refractivity contribution in [3.63, 3.8) is 0 Å². The Hall–Kier alpha value is -2.54. The van der Waals surface area contributed by atoms with Crippen molar-refractivity contribution in [1.82, 2.24) is 4.90 Å². The molecule has 128 valence electrons. The van der Waals surface area contributed by atoms with Crippen LogP contribution in [0, 0.1) is 13.8 Å². The minimum atomic E-state index is -3.88. The molecule has 0 atom stereocenters. The molecule has 0 aliphatic rings. The zero-order chi connectivity index (χ0) is 18.1. The summed E-state index contributed by atoms with van der Waals surface area (Å²) in [6.45, 7) is 3.36. The number of aryl methyl sites for hydroxylation is 1. The number of carbonyl (C=O) groups is 1. The van der Waals surface area contributed by atoms with Gasteiger partial charge in [-0.2, -0.15) is 0 Å². The molecule has 0 aromatic heterocycles. The predicted molar refractivity (Wildman–Crippen MR) is 92.8 cm³/mol. The summed E-state index contributed by atoms with van der Waals surface area (Å²) >= 11 is 0. The number of rotatable bonds is 4. The minimum absolute atomic E-state index is 0.0188. The van der Waals surface area contributed by atoms with Crippen molar-refractivity contribution in [2.45, 2.75) is 18.7 Å². The van der Waals surface area contributed by atoms with Crippen LogP contribution in [0.15, 0.2) is 41.3 Å². The Morgan fingerprint density at radius 1 is 1.12 bits per heavy atom. The topological polar surface area (TPSA) is 86.7 Å². The fourth-order valence-electron chi connectivity index (χ4n) is 2.20. The monoisotopic (exact) mass is 348 g/mol. The van der Waals surface area contributed by atoms with Crippen LogP contribution in [0.3, 0.4) is 0 Å². The van der Waals surface area contributed by atoms with E-state index in [0.29, 0.717) is 16.8 Å². The summed E-state index contributed by atoms with van der Waals surface area (Å²) < 4.78 is 27.6. The Morgan fingerprint density at radius 3 is 2.42 bits per heavy atom. The normalized spacial score (nSPS) is 11.2. The lowest BCUT2D eigenvalue weighted by Crippen LogP contribution is -2.22. The van der Waals surface area contributed by atoms with E-state index in [1.807, 2.05) is 0 Å². The molecule has 2 aromatic rings. The van der Waals surface area contributed by atoms with Gasteiger partial charge in [0.15, 0.2) is 0 Å². The Morgan fingerprint density at radius 2 is 1.79 bits per heavy atom. The van der Waals surface area contributed by atoms with Crippen LogP contribution in [0.2, 0.25) is 0 Å². The summed E-state index contributed by atoms with van der Waals surface area (Å²) in [4.78, 5) is 13.4. The highest BCUT2D eigenvalue weighted by Gasteiger charge is 2.19. The van der Waals surface area contributed by atoms with Crippen LogP contribution in [0.5, 0.6) is 5.75 Å². The number of benzene rings is 2. The smallest absolute Gasteiger partial charge is 0.261 e. The summed E-state index contributed by atoms with van der Waals surface area (Å²) in [5, 5.41) is 9.95. The van der Waals surface area contributed by atoms with Gasteiger partial charge >= 0.3 is 0 Å². The van der Waals surface area contributed by atoms with Gasteiger partial charge in [0.25, 0.3) is 15.9 Å².